The Bertz CT molecular complexity index is 244. The number of hydrogen-bond acceptors (Lipinski definition) is 3. The maximum absolute atomic E-state index is 11.0. The summed E-state index contributed by atoms with van der Waals surface area (Å²) in [5.74, 6) is 1.00. The molecule has 16 heavy (non-hydrogen) atoms. The molecule has 0 spiro atoms. The van der Waals surface area contributed by atoms with E-state index in [2.05, 4.69) is 22.6 Å². The highest BCUT2D eigenvalue weighted by Crippen LogP contribution is 2.14. The fourth-order valence-electron chi connectivity index (χ4n) is 2.73. The summed E-state index contributed by atoms with van der Waals surface area (Å²) in [6.07, 6.45) is 4.37. The van der Waals surface area contributed by atoms with Crippen molar-refractivity contribution in [1.82, 2.24) is 15.5 Å². The molecule has 0 aromatic rings. The summed E-state index contributed by atoms with van der Waals surface area (Å²) >= 11 is 0. The summed E-state index contributed by atoms with van der Waals surface area (Å²) in [5.41, 5.74) is 0. The Morgan fingerprint density at radius 2 is 2.31 bits per heavy atom. The number of amides is 1. The van der Waals surface area contributed by atoms with E-state index in [1.165, 1.54) is 25.9 Å². The Labute approximate surface area is 97.8 Å². The Kier molecular flexibility index (Phi) is 4.18. The fourth-order valence-corrected chi connectivity index (χ4v) is 2.73. The van der Waals surface area contributed by atoms with Gasteiger partial charge in [-0.3, -0.25) is 4.79 Å². The molecule has 0 aromatic heterocycles. The molecule has 2 N–H and O–H groups in total. The molecule has 0 bridgehead atoms. The maximum atomic E-state index is 11.0. The van der Waals surface area contributed by atoms with Gasteiger partial charge in [-0.05, 0) is 45.3 Å². The van der Waals surface area contributed by atoms with Crippen molar-refractivity contribution in [3.8, 4) is 0 Å². The summed E-state index contributed by atoms with van der Waals surface area (Å²) in [6, 6.07) is 0.369. The highest BCUT2D eigenvalue weighted by molar-refractivity contribution is 5.78. The maximum Gasteiger partial charge on any atom is 0.220 e. The Morgan fingerprint density at radius 1 is 1.44 bits per heavy atom. The lowest BCUT2D eigenvalue weighted by molar-refractivity contribution is -0.119. The monoisotopic (exact) mass is 225 g/mol. The molecule has 2 unspecified atom stereocenters. The zero-order valence-electron chi connectivity index (χ0n) is 10.2. The van der Waals surface area contributed by atoms with E-state index in [1.807, 2.05) is 0 Å². The lowest BCUT2D eigenvalue weighted by Gasteiger charge is -2.30. The normalized spacial score (nSPS) is 31.7. The number of hydrogen-bond donors (Lipinski definition) is 2. The molecular weight excluding hydrogens is 202 g/mol. The molecule has 0 saturated carbocycles. The van der Waals surface area contributed by atoms with Gasteiger partial charge in [0.15, 0.2) is 0 Å². The molecule has 4 nitrogen and oxygen atoms in total. The molecular formula is C12H23N3O. The highest BCUT2D eigenvalue weighted by Gasteiger charge is 2.21. The number of carbonyl (C=O) groups excluding carboxylic acids is 1. The highest BCUT2D eigenvalue weighted by atomic mass is 16.1. The Hall–Kier alpha value is -0.610. The van der Waals surface area contributed by atoms with Gasteiger partial charge < -0.3 is 15.5 Å². The minimum atomic E-state index is 0.212. The molecule has 2 fully saturated rings. The number of likely N-dealkylation sites (tertiary alicyclic amines) is 1. The van der Waals surface area contributed by atoms with E-state index in [1.54, 1.807) is 0 Å². The van der Waals surface area contributed by atoms with Crippen LogP contribution in [0.15, 0.2) is 0 Å². The third-order valence-corrected chi connectivity index (χ3v) is 3.63. The van der Waals surface area contributed by atoms with Crippen molar-refractivity contribution in [3.63, 3.8) is 0 Å². The van der Waals surface area contributed by atoms with E-state index < -0.39 is 0 Å². The van der Waals surface area contributed by atoms with E-state index in [4.69, 9.17) is 0 Å². The van der Waals surface area contributed by atoms with Gasteiger partial charge in [-0.2, -0.15) is 0 Å². The first-order valence-electron chi connectivity index (χ1n) is 6.42. The summed E-state index contributed by atoms with van der Waals surface area (Å²) in [5, 5.41) is 6.49. The van der Waals surface area contributed by atoms with Crippen LogP contribution in [0.2, 0.25) is 0 Å². The first-order chi connectivity index (χ1) is 7.74. The first-order valence-corrected chi connectivity index (χ1v) is 6.42. The Morgan fingerprint density at radius 3 is 3.00 bits per heavy atom. The van der Waals surface area contributed by atoms with Crippen molar-refractivity contribution < 1.29 is 4.79 Å². The number of nitrogens with one attached hydrogen (secondary N) is 2. The molecule has 2 rings (SSSR count). The SMILES string of the molecule is CN1CCCC(CNCC2CCC(=O)N2)C1. The van der Waals surface area contributed by atoms with E-state index in [-0.39, 0.29) is 5.91 Å². The van der Waals surface area contributed by atoms with Crippen LogP contribution in [0.25, 0.3) is 0 Å². The molecule has 0 radical (unpaired) electrons. The second-order valence-electron chi connectivity index (χ2n) is 5.23. The molecule has 4 heteroatoms. The third-order valence-electron chi connectivity index (χ3n) is 3.63. The van der Waals surface area contributed by atoms with Crippen molar-refractivity contribution in [2.24, 2.45) is 5.92 Å². The molecule has 2 heterocycles. The average Bonchev–Trinajstić information content (AvgIpc) is 2.64. The average molecular weight is 225 g/mol. The van der Waals surface area contributed by atoms with Crippen LogP contribution in [0.4, 0.5) is 0 Å². The van der Waals surface area contributed by atoms with E-state index in [9.17, 15) is 4.79 Å². The van der Waals surface area contributed by atoms with Crippen LogP contribution in [0.5, 0.6) is 0 Å². The van der Waals surface area contributed by atoms with Crippen LogP contribution >= 0.6 is 0 Å². The number of carbonyl (C=O) groups is 1. The largest absolute Gasteiger partial charge is 0.352 e. The molecule has 1 amide bonds. The van der Waals surface area contributed by atoms with Gasteiger partial charge in [-0.25, -0.2) is 0 Å². The van der Waals surface area contributed by atoms with Crippen LogP contribution in [0, 0.1) is 5.92 Å². The lowest BCUT2D eigenvalue weighted by atomic mass is 9.98. The van der Waals surface area contributed by atoms with Crippen molar-refractivity contribution >= 4 is 5.91 Å². The van der Waals surface area contributed by atoms with E-state index >= 15 is 0 Å². The number of rotatable bonds is 4. The van der Waals surface area contributed by atoms with Gasteiger partial charge in [0.25, 0.3) is 0 Å². The van der Waals surface area contributed by atoms with Gasteiger partial charge in [0.2, 0.25) is 5.91 Å². The van der Waals surface area contributed by atoms with Gasteiger partial charge in [-0.15, -0.1) is 0 Å². The van der Waals surface area contributed by atoms with Gasteiger partial charge in [-0.1, -0.05) is 0 Å². The summed E-state index contributed by atoms with van der Waals surface area (Å²) in [6.45, 7) is 4.49. The summed E-state index contributed by atoms with van der Waals surface area (Å²) in [4.78, 5) is 13.4. The topological polar surface area (TPSA) is 44.4 Å². The summed E-state index contributed by atoms with van der Waals surface area (Å²) < 4.78 is 0. The molecule has 92 valence electrons. The van der Waals surface area contributed by atoms with Crippen LogP contribution in [0.1, 0.15) is 25.7 Å². The smallest absolute Gasteiger partial charge is 0.220 e. The van der Waals surface area contributed by atoms with Gasteiger partial charge >= 0.3 is 0 Å². The predicted octanol–water partition coefficient (Wildman–Crippen LogP) is 0.196. The third kappa shape index (κ3) is 3.46. The van der Waals surface area contributed by atoms with E-state index in [0.29, 0.717) is 12.5 Å². The van der Waals surface area contributed by atoms with Crippen LogP contribution in [0.3, 0.4) is 0 Å². The number of piperidine rings is 1. The van der Waals surface area contributed by atoms with E-state index in [0.717, 1.165) is 25.4 Å². The minimum Gasteiger partial charge on any atom is -0.352 e. The molecule has 0 aromatic carbocycles. The minimum absolute atomic E-state index is 0.212. The van der Waals surface area contributed by atoms with Gasteiger partial charge in [0, 0.05) is 25.6 Å². The lowest BCUT2D eigenvalue weighted by Crippen LogP contribution is -2.41. The summed E-state index contributed by atoms with van der Waals surface area (Å²) in [7, 11) is 2.20. The standard InChI is InChI=1S/C12H23N3O/c1-15-6-2-3-10(9-15)7-13-8-11-4-5-12(16)14-11/h10-11,13H,2-9H2,1H3,(H,14,16). The van der Waals surface area contributed by atoms with Gasteiger partial charge in [0.1, 0.15) is 0 Å². The van der Waals surface area contributed by atoms with Gasteiger partial charge in [0.05, 0.1) is 0 Å². The fraction of sp³-hybridized carbons (Fsp3) is 0.917. The zero-order chi connectivity index (χ0) is 11.4. The predicted molar refractivity (Wildman–Crippen MR) is 64.3 cm³/mol. The second-order valence-corrected chi connectivity index (χ2v) is 5.23. The van der Waals surface area contributed by atoms with Crippen molar-refractivity contribution in [3.05, 3.63) is 0 Å². The molecule has 2 atom stereocenters. The van der Waals surface area contributed by atoms with Crippen molar-refractivity contribution in [1.29, 1.82) is 0 Å². The quantitative estimate of drug-likeness (QED) is 0.718. The second kappa shape index (κ2) is 5.64. The molecule has 2 aliphatic heterocycles. The van der Waals surface area contributed by atoms with Crippen molar-refractivity contribution in [2.75, 3.05) is 33.2 Å². The van der Waals surface area contributed by atoms with Crippen LogP contribution in [-0.4, -0.2) is 50.1 Å². The van der Waals surface area contributed by atoms with Crippen LogP contribution in [-0.2, 0) is 4.79 Å². The van der Waals surface area contributed by atoms with Crippen molar-refractivity contribution in [2.45, 2.75) is 31.7 Å². The molecule has 2 aliphatic rings. The molecule has 2 saturated heterocycles. The Balaban J connectivity index is 1.58. The van der Waals surface area contributed by atoms with Crippen LogP contribution < -0.4 is 10.6 Å². The number of nitrogens with zero attached hydrogens (tertiary/aromatic N) is 1. The zero-order valence-corrected chi connectivity index (χ0v) is 10.2. The molecule has 0 aliphatic carbocycles. The first kappa shape index (κ1) is 11.9.